The van der Waals surface area contributed by atoms with Crippen molar-refractivity contribution in [3.63, 3.8) is 0 Å². The minimum absolute atomic E-state index is 0.264. The molecule has 0 saturated heterocycles. The van der Waals surface area contributed by atoms with E-state index < -0.39 is 0 Å². The number of nitrogens with zero attached hydrogens (tertiary/aromatic N) is 5. The lowest BCUT2D eigenvalue weighted by Crippen LogP contribution is -2.31. The summed E-state index contributed by atoms with van der Waals surface area (Å²) in [6.07, 6.45) is 7.04. The number of anilines is 1. The Morgan fingerprint density at radius 2 is 2.03 bits per heavy atom. The second kappa shape index (κ2) is 8.28. The van der Waals surface area contributed by atoms with Crippen molar-refractivity contribution in [2.45, 2.75) is 19.4 Å². The van der Waals surface area contributed by atoms with Crippen molar-refractivity contribution >= 4 is 22.6 Å². The van der Waals surface area contributed by atoms with Gasteiger partial charge >= 0.3 is 0 Å². The van der Waals surface area contributed by atoms with E-state index in [0.29, 0.717) is 12.2 Å². The van der Waals surface area contributed by atoms with E-state index in [1.54, 1.807) is 0 Å². The lowest BCUT2D eigenvalue weighted by atomic mass is 10.0. The molecule has 0 radical (unpaired) electrons. The highest BCUT2D eigenvalue weighted by Crippen LogP contribution is 2.25. The molecule has 3 aromatic heterocycles. The Kier molecular flexibility index (Phi) is 5.38. The van der Waals surface area contributed by atoms with Gasteiger partial charge in [-0.25, -0.2) is 15.0 Å². The smallest absolute Gasteiger partial charge is 0.272 e. The van der Waals surface area contributed by atoms with E-state index in [1.165, 1.54) is 18.6 Å². The zero-order chi connectivity index (χ0) is 21.1. The minimum Gasteiger partial charge on any atom is -0.363 e. The van der Waals surface area contributed by atoms with Gasteiger partial charge in [-0.15, -0.1) is 0 Å². The van der Waals surface area contributed by atoms with E-state index in [-0.39, 0.29) is 17.6 Å². The van der Waals surface area contributed by atoms with Crippen molar-refractivity contribution in [3.8, 4) is 0 Å². The van der Waals surface area contributed by atoms with E-state index in [2.05, 4.69) is 36.3 Å². The summed E-state index contributed by atoms with van der Waals surface area (Å²) in [6.45, 7) is 1.85. The average Bonchev–Trinajstić information content (AvgIpc) is 3.16. The molecule has 30 heavy (non-hydrogen) atoms. The third-order valence-electron chi connectivity index (χ3n) is 4.86. The first-order valence-corrected chi connectivity index (χ1v) is 9.66. The Balaban J connectivity index is 1.72. The van der Waals surface area contributed by atoms with Gasteiger partial charge in [0.05, 0.1) is 17.9 Å². The fourth-order valence-corrected chi connectivity index (χ4v) is 3.38. The molecule has 4 rings (SSSR count). The highest BCUT2D eigenvalue weighted by molar-refractivity contribution is 5.92. The zero-order valence-electron chi connectivity index (χ0n) is 17.1. The van der Waals surface area contributed by atoms with Crippen LogP contribution in [0.3, 0.4) is 0 Å². The van der Waals surface area contributed by atoms with Gasteiger partial charge < -0.3 is 15.2 Å². The number of aromatic nitrogens is 5. The van der Waals surface area contributed by atoms with Crippen LogP contribution in [-0.4, -0.2) is 44.9 Å². The van der Waals surface area contributed by atoms with E-state index in [9.17, 15) is 4.79 Å². The van der Waals surface area contributed by atoms with Crippen LogP contribution in [0, 0.1) is 6.92 Å². The molecule has 0 spiro atoms. The second-order valence-corrected chi connectivity index (χ2v) is 7.27. The average molecular weight is 401 g/mol. The number of hydrogen-bond donors (Lipinski definition) is 2. The first kappa shape index (κ1) is 19.5. The molecule has 0 aliphatic rings. The fraction of sp³-hybridized carbons (Fsp3) is 0.227. The number of aryl methyl sites for hydroxylation is 1. The molecule has 3 heterocycles. The van der Waals surface area contributed by atoms with Crippen LogP contribution in [0.2, 0.25) is 0 Å². The summed E-state index contributed by atoms with van der Waals surface area (Å²) >= 11 is 0. The minimum atomic E-state index is -0.362. The Bertz CT molecular complexity index is 1170. The summed E-state index contributed by atoms with van der Waals surface area (Å²) in [7, 11) is 3.86. The summed E-state index contributed by atoms with van der Waals surface area (Å²) in [5, 5.41) is 4.20. The maximum absolute atomic E-state index is 12.8. The van der Waals surface area contributed by atoms with Crippen molar-refractivity contribution in [2.75, 3.05) is 19.0 Å². The number of carbonyl (C=O) groups is 1. The van der Waals surface area contributed by atoms with Crippen LogP contribution in [0.25, 0.3) is 10.9 Å². The van der Waals surface area contributed by atoms with Gasteiger partial charge in [-0.1, -0.05) is 18.2 Å². The Labute approximate surface area is 174 Å². The summed E-state index contributed by atoms with van der Waals surface area (Å²) in [5.41, 5.74) is 3.16. The standard InChI is InChI=1S/C22H23N7O/c1-14-26-19(11-21(27-14)29(2)3)18(28-22(30)20-13-23-8-9-24-20)10-15-12-25-17-7-5-4-6-16(15)17/h4-9,11-13,18,25H,10H2,1-3H3,(H,28,30)/t18-/m0/s1. The first-order valence-electron chi connectivity index (χ1n) is 9.66. The molecule has 152 valence electrons. The molecular formula is C22H23N7O. The molecule has 8 nitrogen and oxygen atoms in total. The van der Waals surface area contributed by atoms with E-state index in [1.807, 2.05) is 56.4 Å². The zero-order valence-corrected chi connectivity index (χ0v) is 17.1. The summed E-state index contributed by atoms with van der Waals surface area (Å²) in [6, 6.07) is 9.64. The second-order valence-electron chi connectivity index (χ2n) is 7.27. The van der Waals surface area contributed by atoms with Crippen molar-refractivity contribution in [3.05, 3.63) is 77.9 Å². The van der Waals surface area contributed by atoms with Gasteiger partial charge in [-0.2, -0.15) is 0 Å². The highest BCUT2D eigenvalue weighted by Gasteiger charge is 2.21. The van der Waals surface area contributed by atoms with Gasteiger partial charge in [0.2, 0.25) is 0 Å². The number of aromatic amines is 1. The van der Waals surface area contributed by atoms with Crippen LogP contribution in [0.4, 0.5) is 5.82 Å². The summed E-state index contributed by atoms with van der Waals surface area (Å²) in [5.74, 6) is 1.14. The number of fused-ring (bicyclic) bond motifs is 1. The first-order chi connectivity index (χ1) is 14.5. The molecule has 0 saturated carbocycles. The summed E-state index contributed by atoms with van der Waals surface area (Å²) in [4.78, 5) is 35.3. The van der Waals surface area contributed by atoms with E-state index >= 15 is 0 Å². The Morgan fingerprint density at radius 1 is 1.20 bits per heavy atom. The lowest BCUT2D eigenvalue weighted by Gasteiger charge is -2.20. The van der Waals surface area contributed by atoms with Crippen LogP contribution in [0.1, 0.15) is 33.6 Å². The molecule has 0 fully saturated rings. The Morgan fingerprint density at radius 3 is 2.80 bits per heavy atom. The number of amides is 1. The normalized spacial score (nSPS) is 12.0. The quantitative estimate of drug-likeness (QED) is 0.515. The molecule has 1 atom stereocenters. The number of carbonyl (C=O) groups excluding carboxylic acids is 1. The predicted octanol–water partition coefficient (Wildman–Crippen LogP) is 2.84. The maximum atomic E-state index is 12.8. The topological polar surface area (TPSA) is 99.7 Å². The molecule has 1 amide bonds. The molecule has 1 aromatic carbocycles. The molecule has 0 aliphatic carbocycles. The number of nitrogens with one attached hydrogen (secondary N) is 2. The van der Waals surface area contributed by atoms with Crippen LogP contribution >= 0.6 is 0 Å². The molecular weight excluding hydrogens is 378 g/mol. The van der Waals surface area contributed by atoms with Crippen LogP contribution in [-0.2, 0) is 6.42 Å². The number of hydrogen-bond acceptors (Lipinski definition) is 6. The predicted molar refractivity (Wildman–Crippen MR) is 115 cm³/mol. The Hall–Kier alpha value is -3.81. The maximum Gasteiger partial charge on any atom is 0.272 e. The summed E-state index contributed by atoms with van der Waals surface area (Å²) < 4.78 is 0. The van der Waals surface area contributed by atoms with Crippen molar-refractivity contribution in [2.24, 2.45) is 0 Å². The van der Waals surface area contributed by atoms with Crippen molar-refractivity contribution < 1.29 is 4.79 Å². The van der Waals surface area contributed by atoms with Crippen molar-refractivity contribution in [1.29, 1.82) is 0 Å². The van der Waals surface area contributed by atoms with Gasteiger partial charge in [-0.3, -0.25) is 9.78 Å². The largest absolute Gasteiger partial charge is 0.363 e. The van der Waals surface area contributed by atoms with Gasteiger partial charge in [0, 0.05) is 56.1 Å². The molecule has 8 heteroatoms. The molecule has 0 unspecified atom stereocenters. The number of benzene rings is 1. The third kappa shape index (κ3) is 4.12. The molecule has 0 aliphatic heterocycles. The highest BCUT2D eigenvalue weighted by atomic mass is 16.1. The number of para-hydroxylation sites is 1. The van der Waals surface area contributed by atoms with Gasteiger partial charge in [-0.05, 0) is 18.6 Å². The van der Waals surface area contributed by atoms with E-state index in [4.69, 9.17) is 0 Å². The fourth-order valence-electron chi connectivity index (χ4n) is 3.38. The number of rotatable bonds is 6. The van der Waals surface area contributed by atoms with Gasteiger partial charge in [0.1, 0.15) is 17.3 Å². The SMILES string of the molecule is Cc1nc([C@H](Cc2c[nH]c3ccccc23)NC(=O)c2cnccn2)cc(N(C)C)n1. The molecule has 4 aromatic rings. The monoisotopic (exact) mass is 401 g/mol. The van der Waals surface area contributed by atoms with Crippen LogP contribution in [0.15, 0.2) is 55.1 Å². The number of H-pyrrole nitrogens is 1. The lowest BCUT2D eigenvalue weighted by molar-refractivity contribution is 0.0930. The molecule has 0 bridgehead atoms. The van der Waals surface area contributed by atoms with Crippen molar-refractivity contribution in [1.82, 2.24) is 30.2 Å². The van der Waals surface area contributed by atoms with Crippen LogP contribution < -0.4 is 10.2 Å². The van der Waals surface area contributed by atoms with Gasteiger partial charge in [0.25, 0.3) is 5.91 Å². The third-order valence-corrected chi connectivity index (χ3v) is 4.86. The van der Waals surface area contributed by atoms with Crippen LogP contribution in [0.5, 0.6) is 0 Å². The van der Waals surface area contributed by atoms with Gasteiger partial charge in [0.15, 0.2) is 0 Å². The molecule has 2 N–H and O–H groups in total. The van der Waals surface area contributed by atoms with E-state index in [0.717, 1.165) is 28.0 Å².